The standard InChI is InChI=1S/C21H24F2N8O2/c1-4-15-19(32)28-17-12(2)27-21(29-18(17)30(15)3)25-8-14-9-26-31(11-14)10-13-5-6-16(24-7-13)33-20(22)23/h5-7,9,11,15,20H,4,8,10H2,1-3H3,(H,28,32)(H,25,27,29)/t15-/m0/s1. The third kappa shape index (κ3) is 4.99. The SMILES string of the molecule is CC[C@H]1C(=O)Nc2c(C)nc(NCc3cnn(Cc4ccc(OC(F)F)nc4)c3)nc2N1C. The molecule has 3 aromatic rings. The zero-order chi connectivity index (χ0) is 23.5. The van der Waals surface area contributed by atoms with Crippen molar-refractivity contribution in [2.75, 3.05) is 22.6 Å². The van der Waals surface area contributed by atoms with Crippen LogP contribution in [-0.4, -0.2) is 50.3 Å². The smallest absolute Gasteiger partial charge is 0.388 e. The number of ether oxygens (including phenoxy) is 1. The van der Waals surface area contributed by atoms with E-state index in [1.54, 1.807) is 16.9 Å². The van der Waals surface area contributed by atoms with Gasteiger partial charge in [0.15, 0.2) is 5.82 Å². The molecule has 12 heteroatoms. The summed E-state index contributed by atoms with van der Waals surface area (Å²) in [4.78, 5) is 27.1. The summed E-state index contributed by atoms with van der Waals surface area (Å²) >= 11 is 0. The minimum atomic E-state index is -2.90. The molecule has 0 saturated heterocycles. The van der Waals surface area contributed by atoms with E-state index in [1.807, 2.05) is 32.0 Å². The lowest BCUT2D eigenvalue weighted by Gasteiger charge is -2.34. The van der Waals surface area contributed by atoms with Gasteiger partial charge in [0.2, 0.25) is 17.7 Å². The zero-order valence-electron chi connectivity index (χ0n) is 18.4. The average molecular weight is 458 g/mol. The number of aryl methyl sites for hydroxylation is 1. The number of alkyl halides is 2. The van der Waals surface area contributed by atoms with E-state index in [9.17, 15) is 13.6 Å². The van der Waals surface area contributed by atoms with Crippen LogP contribution in [0, 0.1) is 6.92 Å². The van der Waals surface area contributed by atoms with Crippen LogP contribution in [0.1, 0.15) is 30.2 Å². The predicted molar refractivity (Wildman–Crippen MR) is 117 cm³/mol. The molecule has 4 heterocycles. The molecular weight excluding hydrogens is 434 g/mol. The van der Waals surface area contributed by atoms with Gasteiger partial charge in [-0.3, -0.25) is 9.48 Å². The summed E-state index contributed by atoms with van der Waals surface area (Å²) < 4.78 is 30.4. The zero-order valence-corrected chi connectivity index (χ0v) is 18.4. The highest BCUT2D eigenvalue weighted by molar-refractivity contribution is 6.03. The first kappa shape index (κ1) is 22.4. The molecular formula is C21H24F2N8O2. The number of carbonyl (C=O) groups is 1. The van der Waals surface area contributed by atoms with Gasteiger partial charge in [-0.05, 0) is 18.9 Å². The summed E-state index contributed by atoms with van der Waals surface area (Å²) in [5.74, 6) is 0.947. The Morgan fingerprint density at radius 2 is 2.06 bits per heavy atom. The Labute approximate surface area is 189 Å². The van der Waals surface area contributed by atoms with Crippen molar-refractivity contribution in [2.24, 2.45) is 0 Å². The molecule has 0 bridgehead atoms. The van der Waals surface area contributed by atoms with Gasteiger partial charge < -0.3 is 20.3 Å². The highest BCUT2D eigenvalue weighted by Crippen LogP contribution is 2.33. The molecule has 2 N–H and O–H groups in total. The molecule has 4 rings (SSSR count). The van der Waals surface area contributed by atoms with Crippen molar-refractivity contribution >= 4 is 23.4 Å². The lowest BCUT2D eigenvalue weighted by atomic mass is 10.1. The number of anilines is 3. The molecule has 1 aliphatic heterocycles. The maximum atomic E-state index is 12.3. The van der Waals surface area contributed by atoms with Crippen LogP contribution in [0.3, 0.4) is 0 Å². The summed E-state index contributed by atoms with van der Waals surface area (Å²) in [7, 11) is 1.85. The monoisotopic (exact) mass is 458 g/mol. The fourth-order valence-corrected chi connectivity index (χ4v) is 3.65. The van der Waals surface area contributed by atoms with Crippen LogP contribution in [0.2, 0.25) is 0 Å². The van der Waals surface area contributed by atoms with Gasteiger partial charge in [-0.15, -0.1) is 0 Å². The number of aromatic nitrogens is 5. The highest BCUT2D eigenvalue weighted by Gasteiger charge is 2.32. The predicted octanol–water partition coefficient (Wildman–Crippen LogP) is 2.81. The number of nitrogens with zero attached hydrogens (tertiary/aromatic N) is 6. The second-order valence-corrected chi connectivity index (χ2v) is 7.64. The van der Waals surface area contributed by atoms with Crippen molar-refractivity contribution in [3.05, 3.63) is 47.5 Å². The van der Waals surface area contributed by atoms with Crippen LogP contribution < -0.4 is 20.3 Å². The molecule has 0 saturated carbocycles. The topological polar surface area (TPSA) is 110 Å². The lowest BCUT2D eigenvalue weighted by Crippen LogP contribution is -2.46. The van der Waals surface area contributed by atoms with Gasteiger partial charge in [-0.2, -0.15) is 18.9 Å². The van der Waals surface area contributed by atoms with Gasteiger partial charge in [0, 0.05) is 37.6 Å². The van der Waals surface area contributed by atoms with Crippen LogP contribution in [-0.2, 0) is 17.9 Å². The van der Waals surface area contributed by atoms with Crippen molar-refractivity contribution < 1.29 is 18.3 Å². The van der Waals surface area contributed by atoms with E-state index in [0.717, 1.165) is 11.1 Å². The Morgan fingerprint density at radius 1 is 1.24 bits per heavy atom. The van der Waals surface area contributed by atoms with E-state index in [0.29, 0.717) is 42.7 Å². The van der Waals surface area contributed by atoms with E-state index in [-0.39, 0.29) is 17.8 Å². The second-order valence-electron chi connectivity index (χ2n) is 7.64. The van der Waals surface area contributed by atoms with Crippen molar-refractivity contribution in [1.82, 2.24) is 24.7 Å². The molecule has 0 radical (unpaired) electrons. The third-order valence-electron chi connectivity index (χ3n) is 5.30. The van der Waals surface area contributed by atoms with Crippen LogP contribution >= 0.6 is 0 Å². The maximum Gasteiger partial charge on any atom is 0.388 e. The molecule has 0 unspecified atom stereocenters. The van der Waals surface area contributed by atoms with Crippen LogP contribution in [0.4, 0.5) is 26.2 Å². The first-order chi connectivity index (χ1) is 15.8. The van der Waals surface area contributed by atoms with Crippen LogP contribution in [0.5, 0.6) is 5.88 Å². The Bertz CT molecular complexity index is 1140. The number of rotatable bonds is 8. The summed E-state index contributed by atoms with van der Waals surface area (Å²) in [5.41, 5.74) is 3.01. The summed E-state index contributed by atoms with van der Waals surface area (Å²) in [6, 6.07) is 2.78. The van der Waals surface area contributed by atoms with Crippen molar-refractivity contribution in [1.29, 1.82) is 0 Å². The molecule has 0 fully saturated rings. The second kappa shape index (κ2) is 9.35. The number of nitrogens with one attached hydrogen (secondary N) is 2. The first-order valence-corrected chi connectivity index (χ1v) is 10.4. The van der Waals surface area contributed by atoms with Gasteiger partial charge in [-0.1, -0.05) is 13.0 Å². The number of likely N-dealkylation sites (N-methyl/N-ethyl adjacent to an activating group) is 1. The van der Waals surface area contributed by atoms with E-state index in [1.165, 1.54) is 12.3 Å². The molecule has 33 heavy (non-hydrogen) atoms. The van der Waals surface area contributed by atoms with Crippen LogP contribution in [0.15, 0.2) is 30.7 Å². The van der Waals surface area contributed by atoms with Gasteiger partial charge in [0.25, 0.3) is 0 Å². The van der Waals surface area contributed by atoms with Gasteiger partial charge >= 0.3 is 6.61 Å². The van der Waals surface area contributed by atoms with Gasteiger partial charge in [0.1, 0.15) is 11.7 Å². The molecule has 1 amide bonds. The number of fused-ring (bicyclic) bond motifs is 1. The minimum Gasteiger partial charge on any atom is -0.417 e. The molecule has 0 aliphatic carbocycles. The maximum absolute atomic E-state index is 12.3. The minimum absolute atomic E-state index is 0.0567. The van der Waals surface area contributed by atoms with Crippen molar-refractivity contribution in [2.45, 2.75) is 46.0 Å². The molecule has 1 atom stereocenters. The molecule has 0 aromatic carbocycles. The fourth-order valence-electron chi connectivity index (χ4n) is 3.65. The van der Waals surface area contributed by atoms with Gasteiger partial charge in [0.05, 0.1) is 18.4 Å². The summed E-state index contributed by atoms with van der Waals surface area (Å²) in [6.07, 6.45) is 5.73. The lowest BCUT2D eigenvalue weighted by molar-refractivity contribution is -0.117. The number of hydrogen-bond acceptors (Lipinski definition) is 8. The van der Waals surface area contributed by atoms with Crippen LogP contribution in [0.25, 0.3) is 0 Å². The molecule has 174 valence electrons. The Balaban J connectivity index is 1.40. The highest BCUT2D eigenvalue weighted by atomic mass is 19.3. The Kier molecular flexibility index (Phi) is 6.33. The number of pyridine rings is 1. The first-order valence-electron chi connectivity index (χ1n) is 10.4. The van der Waals surface area contributed by atoms with E-state index in [4.69, 9.17) is 0 Å². The third-order valence-corrected chi connectivity index (χ3v) is 5.30. The normalized spacial score (nSPS) is 15.4. The Hall–Kier alpha value is -3.83. The van der Waals surface area contributed by atoms with E-state index < -0.39 is 6.61 Å². The molecule has 10 nitrogen and oxygen atoms in total. The molecule has 1 aliphatic rings. The fraction of sp³-hybridized carbons (Fsp3) is 0.381. The number of carbonyl (C=O) groups excluding carboxylic acids is 1. The molecule has 3 aromatic heterocycles. The largest absolute Gasteiger partial charge is 0.417 e. The Morgan fingerprint density at radius 3 is 2.76 bits per heavy atom. The molecule has 0 spiro atoms. The van der Waals surface area contributed by atoms with Crippen molar-refractivity contribution in [3.8, 4) is 5.88 Å². The average Bonchev–Trinajstić information content (AvgIpc) is 3.22. The summed E-state index contributed by atoms with van der Waals surface area (Å²) in [6.45, 7) is 1.76. The van der Waals surface area contributed by atoms with E-state index >= 15 is 0 Å². The number of halogens is 2. The number of amides is 1. The summed E-state index contributed by atoms with van der Waals surface area (Å²) in [5, 5.41) is 10.4. The quantitative estimate of drug-likeness (QED) is 0.530. The van der Waals surface area contributed by atoms with Crippen molar-refractivity contribution in [3.63, 3.8) is 0 Å². The van der Waals surface area contributed by atoms with Gasteiger partial charge in [-0.25, -0.2) is 9.97 Å². The van der Waals surface area contributed by atoms with E-state index in [2.05, 4.69) is 35.4 Å². The number of hydrogen-bond donors (Lipinski definition) is 2.